The summed E-state index contributed by atoms with van der Waals surface area (Å²) in [7, 11) is 3.92. The number of likely N-dealkylation sites (N-methyl/N-ethyl adjacent to an activating group) is 1. The molecule has 5 nitrogen and oxygen atoms in total. The molecule has 0 atom stereocenters. The van der Waals surface area contributed by atoms with Crippen molar-refractivity contribution in [2.75, 3.05) is 46.1 Å². The lowest BCUT2D eigenvalue weighted by Crippen LogP contribution is -2.28. The second kappa shape index (κ2) is 7.81. The average Bonchev–Trinajstić information content (AvgIpc) is 2.38. The van der Waals surface area contributed by atoms with E-state index >= 15 is 0 Å². The second-order valence-corrected chi connectivity index (χ2v) is 4.84. The van der Waals surface area contributed by atoms with Gasteiger partial charge >= 0.3 is 0 Å². The number of halogens is 1. The van der Waals surface area contributed by atoms with Crippen LogP contribution in [-0.2, 0) is 4.74 Å². The maximum atomic E-state index is 13.5. The van der Waals surface area contributed by atoms with Crippen LogP contribution < -0.4 is 11.1 Å². The Bertz CT molecular complexity index is 441. The number of hydrogen-bond donors (Lipinski definition) is 2. The molecule has 1 rings (SSSR count). The van der Waals surface area contributed by atoms with Gasteiger partial charge in [-0.3, -0.25) is 4.79 Å². The summed E-state index contributed by atoms with van der Waals surface area (Å²) in [5.74, 6) is -0.829. The van der Waals surface area contributed by atoms with Gasteiger partial charge in [0.05, 0.1) is 13.2 Å². The monoisotopic (exact) mass is 283 g/mol. The lowest BCUT2D eigenvalue weighted by molar-refractivity contribution is 0.0900. The second-order valence-electron chi connectivity index (χ2n) is 4.84. The number of anilines is 1. The van der Waals surface area contributed by atoms with Crippen LogP contribution in [0.5, 0.6) is 0 Å². The third-order valence-corrected chi connectivity index (χ3v) is 2.86. The van der Waals surface area contributed by atoms with E-state index in [2.05, 4.69) is 5.32 Å². The van der Waals surface area contributed by atoms with Crippen LogP contribution in [0.15, 0.2) is 12.1 Å². The van der Waals surface area contributed by atoms with E-state index in [-0.39, 0.29) is 17.2 Å². The summed E-state index contributed by atoms with van der Waals surface area (Å²) in [5, 5.41) is 2.66. The highest BCUT2D eigenvalue weighted by Crippen LogP contribution is 2.17. The van der Waals surface area contributed by atoms with Crippen molar-refractivity contribution < 1.29 is 13.9 Å². The summed E-state index contributed by atoms with van der Waals surface area (Å²) in [5.41, 5.74) is 6.48. The van der Waals surface area contributed by atoms with Gasteiger partial charge in [-0.25, -0.2) is 4.39 Å². The van der Waals surface area contributed by atoms with Crippen LogP contribution in [0.2, 0.25) is 0 Å². The number of amides is 1. The van der Waals surface area contributed by atoms with Crippen molar-refractivity contribution in [3.05, 3.63) is 29.1 Å². The predicted molar refractivity (Wildman–Crippen MR) is 77.3 cm³/mol. The van der Waals surface area contributed by atoms with Crippen LogP contribution in [0, 0.1) is 12.7 Å². The summed E-state index contributed by atoms with van der Waals surface area (Å²) >= 11 is 0. The van der Waals surface area contributed by atoms with Crippen molar-refractivity contribution in [1.29, 1.82) is 0 Å². The fraction of sp³-hybridized carbons (Fsp3) is 0.500. The zero-order chi connectivity index (χ0) is 15.1. The molecule has 112 valence electrons. The molecule has 0 aliphatic rings. The Hall–Kier alpha value is -1.66. The molecular formula is C14H22FN3O2. The first kappa shape index (κ1) is 16.4. The number of carbonyl (C=O) groups is 1. The van der Waals surface area contributed by atoms with Gasteiger partial charge in [0, 0.05) is 29.9 Å². The Morgan fingerprint density at radius 2 is 2.10 bits per heavy atom. The van der Waals surface area contributed by atoms with Gasteiger partial charge in [0.15, 0.2) is 0 Å². The van der Waals surface area contributed by atoms with Gasteiger partial charge in [0.1, 0.15) is 5.82 Å². The van der Waals surface area contributed by atoms with Crippen molar-refractivity contribution in [2.24, 2.45) is 0 Å². The predicted octanol–water partition coefficient (Wildman–Crippen LogP) is 1.02. The number of nitrogens with one attached hydrogen (secondary N) is 1. The van der Waals surface area contributed by atoms with Gasteiger partial charge in [-0.05, 0) is 33.2 Å². The van der Waals surface area contributed by atoms with E-state index < -0.39 is 5.82 Å². The fourth-order valence-corrected chi connectivity index (χ4v) is 1.52. The molecule has 1 amide bonds. The summed E-state index contributed by atoms with van der Waals surface area (Å²) in [6, 6.07) is 2.66. The Labute approximate surface area is 118 Å². The van der Waals surface area contributed by atoms with E-state index in [0.717, 1.165) is 6.54 Å². The molecule has 20 heavy (non-hydrogen) atoms. The van der Waals surface area contributed by atoms with E-state index in [0.29, 0.717) is 25.3 Å². The topological polar surface area (TPSA) is 67.6 Å². The maximum Gasteiger partial charge on any atom is 0.251 e. The van der Waals surface area contributed by atoms with E-state index in [1.807, 2.05) is 19.0 Å². The number of benzene rings is 1. The van der Waals surface area contributed by atoms with Crippen molar-refractivity contribution >= 4 is 11.6 Å². The number of carbonyl (C=O) groups excluding carboxylic acids is 1. The summed E-state index contributed by atoms with van der Waals surface area (Å²) < 4.78 is 18.8. The van der Waals surface area contributed by atoms with Crippen molar-refractivity contribution in [1.82, 2.24) is 10.2 Å². The lowest BCUT2D eigenvalue weighted by atomic mass is 10.1. The molecule has 0 fully saturated rings. The van der Waals surface area contributed by atoms with Gasteiger partial charge in [0.2, 0.25) is 0 Å². The molecule has 0 bridgehead atoms. The number of nitrogens with zero attached hydrogens (tertiary/aromatic N) is 1. The highest BCUT2D eigenvalue weighted by atomic mass is 19.1. The van der Waals surface area contributed by atoms with Gasteiger partial charge in [0.25, 0.3) is 5.91 Å². The Morgan fingerprint density at radius 1 is 1.40 bits per heavy atom. The van der Waals surface area contributed by atoms with Gasteiger partial charge < -0.3 is 20.7 Å². The quantitative estimate of drug-likeness (QED) is 0.579. The first-order valence-corrected chi connectivity index (χ1v) is 6.48. The molecule has 0 spiro atoms. The summed E-state index contributed by atoms with van der Waals surface area (Å²) in [6.45, 7) is 3.80. The maximum absolute atomic E-state index is 13.5. The first-order valence-electron chi connectivity index (χ1n) is 6.48. The fourth-order valence-electron chi connectivity index (χ4n) is 1.52. The van der Waals surface area contributed by atoms with Crippen LogP contribution >= 0.6 is 0 Å². The Morgan fingerprint density at radius 3 is 2.70 bits per heavy atom. The highest BCUT2D eigenvalue weighted by molar-refractivity contribution is 5.95. The number of hydrogen-bond acceptors (Lipinski definition) is 4. The molecule has 0 saturated carbocycles. The molecular weight excluding hydrogens is 261 g/mol. The third kappa shape index (κ3) is 5.14. The standard InChI is InChI=1S/C14H22FN3O2/c1-10-12(15)8-11(9-13(10)16)14(19)17-4-6-20-7-5-18(2)3/h8-9H,4-7,16H2,1-3H3,(H,17,19). The highest BCUT2D eigenvalue weighted by Gasteiger charge is 2.10. The van der Waals surface area contributed by atoms with E-state index in [1.54, 1.807) is 6.92 Å². The van der Waals surface area contributed by atoms with Crippen molar-refractivity contribution in [3.63, 3.8) is 0 Å². The minimum atomic E-state index is -0.475. The zero-order valence-electron chi connectivity index (χ0n) is 12.2. The number of nitrogen functional groups attached to an aromatic ring is 1. The average molecular weight is 283 g/mol. The summed E-state index contributed by atoms with van der Waals surface area (Å²) in [6.07, 6.45) is 0. The molecule has 0 saturated heterocycles. The molecule has 0 radical (unpaired) electrons. The molecule has 0 aromatic heterocycles. The molecule has 6 heteroatoms. The van der Waals surface area contributed by atoms with Crippen LogP contribution in [0.25, 0.3) is 0 Å². The SMILES string of the molecule is Cc1c(N)cc(C(=O)NCCOCCN(C)C)cc1F. The lowest BCUT2D eigenvalue weighted by Gasteiger charge is -2.11. The minimum Gasteiger partial charge on any atom is -0.398 e. The summed E-state index contributed by atoms with van der Waals surface area (Å²) in [4.78, 5) is 13.8. The zero-order valence-corrected chi connectivity index (χ0v) is 12.2. The van der Waals surface area contributed by atoms with Crippen molar-refractivity contribution in [2.45, 2.75) is 6.92 Å². The molecule has 0 heterocycles. The van der Waals surface area contributed by atoms with E-state index in [1.165, 1.54) is 12.1 Å². The van der Waals surface area contributed by atoms with Gasteiger partial charge in [-0.2, -0.15) is 0 Å². The normalized spacial score (nSPS) is 10.8. The number of rotatable bonds is 7. The minimum absolute atomic E-state index is 0.221. The molecule has 3 N–H and O–H groups in total. The van der Waals surface area contributed by atoms with Crippen LogP contribution in [-0.4, -0.2) is 51.2 Å². The van der Waals surface area contributed by atoms with E-state index in [4.69, 9.17) is 10.5 Å². The van der Waals surface area contributed by atoms with Crippen LogP contribution in [0.1, 0.15) is 15.9 Å². The van der Waals surface area contributed by atoms with E-state index in [9.17, 15) is 9.18 Å². The molecule has 1 aromatic carbocycles. The molecule has 0 unspecified atom stereocenters. The smallest absolute Gasteiger partial charge is 0.251 e. The Balaban J connectivity index is 2.36. The Kier molecular flexibility index (Phi) is 6.41. The molecule has 0 aliphatic carbocycles. The van der Waals surface area contributed by atoms with Gasteiger partial charge in [-0.1, -0.05) is 0 Å². The van der Waals surface area contributed by atoms with Crippen molar-refractivity contribution in [3.8, 4) is 0 Å². The molecule has 0 aliphatic heterocycles. The van der Waals surface area contributed by atoms with Gasteiger partial charge in [-0.15, -0.1) is 0 Å². The molecule has 1 aromatic rings. The van der Waals surface area contributed by atoms with Crippen LogP contribution in [0.3, 0.4) is 0 Å². The third-order valence-electron chi connectivity index (χ3n) is 2.86. The number of nitrogens with two attached hydrogens (primary N) is 1. The first-order chi connectivity index (χ1) is 9.41. The number of ether oxygens (including phenoxy) is 1. The largest absolute Gasteiger partial charge is 0.398 e. The van der Waals surface area contributed by atoms with Crippen LogP contribution in [0.4, 0.5) is 10.1 Å².